The summed E-state index contributed by atoms with van der Waals surface area (Å²) in [4.78, 5) is 19.9. The van der Waals surface area contributed by atoms with E-state index in [9.17, 15) is 4.79 Å². The topological polar surface area (TPSA) is 53.9 Å². The third kappa shape index (κ3) is 4.72. The van der Waals surface area contributed by atoms with Crippen molar-refractivity contribution >= 4 is 23.3 Å². The normalized spacial score (nSPS) is 17.0. The minimum Gasteiger partial charge on any atom is -0.466 e. The fourth-order valence-electron chi connectivity index (χ4n) is 2.97. The number of carbonyl (C=O) groups excluding carboxylic acids is 1. The van der Waals surface area contributed by atoms with E-state index in [1.54, 1.807) is 11.3 Å². The molecule has 0 bridgehead atoms. The van der Waals surface area contributed by atoms with Gasteiger partial charge in [-0.15, -0.1) is 11.3 Å². The zero-order chi connectivity index (χ0) is 17.6. The third-order valence-electron chi connectivity index (χ3n) is 4.50. The van der Waals surface area contributed by atoms with E-state index in [0.717, 1.165) is 38.4 Å². The van der Waals surface area contributed by atoms with Crippen molar-refractivity contribution < 1.29 is 9.53 Å². The Kier molecular flexibility index (Phi) is 6.66. The molecule has 1 saturated heterocycles. The molecule has 24 heavy (non-hydrogen) atoms. The maximum absolute atomic E-state index is 11.8. The van der Waals surface area contributed by atoms with Crippen molar-refractivity contribution in [2.75, 3.05) is 33.3 Å². The molecule has 1 aliphatic heterocycles. The summed E-state index contributed by atoms with van der Waals surface area (Å²) in [5.74, 6) is 0.891. The Morgan fingerprint density at radius 1 is 1.46 bits per heavy atom. The Bertz CT molecular complexity index is 547. The average Bonchev–Trinajstić information content (AvgIpc) is 3.11. The van der Waals surface area contributed by atoms with Gasteiger partial charge in [0.2, 0.25) is 0 Å². The quantitative estimate of drug-likeness (QED) is 0.503. The van der Waals surface area contributed by atoms with Crippen molar-refractivity contribution in [3.8, 4) is 0 Å². The molecular weight excluding hydrogens is 322 g/mol. The molecule has 0 aliphatic carbocycles. The van der Waals surface area contributed by atoms with Gasteiger partial charge in [0.1, 0.15) is 0 Å². The van der Waals surface area contributed by atoms with Crippen LogP contribution in [-0.2, 0) is 14.9 Å². The van der Waals surface area contributed by atoms with E-state index in [-0.39, 0.29) is 17.3 Å². The molecule has 0 atom stereocenters. The molecular formula is C18H29N3O2S. The van der Waals surface area contributed by atoms with Gasteiger partial charge in [0, 0.05) is 37.0 Å². The summed E-state index contributed by atoms with van der Waals surface area (Å²) < 4.78 is 5.13. The summed E-state index contributed by atoms with van der Waals surface area (Å²) in [6, 6.07) is 4.27. The van der Waals surface area contributed by atoms with E-state index in [0.29, 0.717) is 6.61 Å². The predicted molar refractivity (Wildman–Crippen MR) is 99.6 cm³/mol. The van der Waals surface area contributed by atoms with Crippen LogP contribution in [-0.4, -0.2) is 50.1 Å². The molecule has 0 aromatic carbocycles. The Balaban J connectivity index is 1.86. The summed E-state index contributed by atoms with van der Waals surface area (Å²) in [7, 11) is 1.82. The molecule has 1 N–H and O–H groups in total. The summed E-state index contributed by atoms with van der Waals surface area (Å²) in [5, 5.41) is 5.62. The van der Waals surface area contributed by atoms with Crippen LogP contribution in [0.15, 0.2) is 22.5 Å². The SMILES string of the molecule is CCOC(=O)C1CCN(C(=NC)NCC(C)(C)c2cccs2)CC1. The standard InChI is InChI=1S/C18H29N3O2S/c1-5-23-16(22)14-8-10-21(11-9-14)17(19-4)20-13-18(2,3)15-7-6-12-24-15/h6-7,12,14H,5,8-11,13H2,1-4H3,(H,19,20). The summed E-state index contributed by atoms with van der Waals surface area (Å²) in [6.07, 6.45) is 1.65. The first-order valence-corrected chi connectivity index (χ1v) is 9.52. The highest BCUT2D eigenvalue weighted by molar-refractivity contribution is 7.10. The number of aliphatic imine (C=N–C) groups is 1. The Morgan fingerprint density at radius 3 is 2.71 bits per heavy atom. The number of hydrogen-bond donors (Lipinski definition) is 1. The number of ether oxygens (including phenoxy) is 1. The van der Waals surface area contributed by atoms with Crippen LogP contribution in [0.5, 0.6) is 0 Å². The van der Waals surface area contributed by atoms with Crippen LogP contribution in [0.3, 0.4) is 0 Å². The van der Waals surface area contributed by atoms with Crippen LogP contribution in [0.2, 0.25) is 0 Å². The number of rotatable bonds is 5. The number of esters is 1. The maximum Gasteiger partial charge on any atom is 0.309 e. The summed E-state index contributed by atoms with van der Waals surface area (Å²) >= 11 is 1.79. The minimum atomic E-state index is -0.0566. The fraction of sp³-hybridized carbons (Fsp3) is 0.667. The van der Waals surface area contributed by atoms with Gasteiger partial charge in [-0.05, 0) is 31.2 Å². The lowest BCUT2D eigenvalue weighted by Crippen LogP contribution is -2.49. The Labute approximate surface area is 149 Å². The molecule has 2 heterocycles. The fourth-order valence-corrected chi connectivity index (χ4v) is 3.82. The number of guanidine groups is 1. The molecule has 134 valence electrons. The zero-order valence-electron chi connectivity index (χ0n) is 15.2. The highest BCUT2D eigenvalue weighted by Crippen LogP contribution is 2.27. The van der Waals surface area contributed by atoms with E-state index in [1.165, 1.54) is 4.88 Å². The van der Waals surface area contributed by atoms with Crippen molar-refractivity contribution in [1.29, 1.82) is 0 Å². The monoisotopic (exact) mass is 351 g/mol. The van der Waals surface area contributed by atoms with Crippen molar-refractivity contribution in [2.24, 2.45) is 10.9 Å². The highest BCUT2D eigenvalue weighted by Gasteiger charge is 2.28. The average molecular weight is 352 g/mol. The number of nitrogens with one attached hydrogen (secondary N) is 1. The zero-order valence-corrected chi connectivity index (χ0v) is 16.0. The Morgan fingerprint density at radius 2 is 2.17 bits per heavy atom. The van der Waals surface area contributed by atoms with E-state index in [2.05, 4.69) is 46.6 Å². The molecule has 0 radical (unpaired) electrons. The lowest BCUT2D eigenvalue weighted by Gasteiger charge is -2.34. The van der Waals surface area contributed by atoms with Gasteiger partial charge in [0.05, 0.1) is 12.5 Å². The molecule has 0 amide bonds. The van der Waals surface area contributed by atoms with E-state index >= 15 is 0 Å². The predicted octanol–water partition coefficient (Wildman–Crippen LogP) is 2.88. The van der Waals surface area contributed by atoms with Crippen molar-refractivity contribution in [1.82, 2.24) is 10.2 Å². The molecule has 1 fully saturated rings. The first-order valence-electron chi connectivity index (χ1n) is 8.64. The molecule has 0 unspecified atom stereocenters. The largest absolute Gasteiger partial charge is 0.466 e. The number of thiophene rings is 1. The van der Waals surface area contributed by atoms with Gasteiger partial charge in [0.15, 0.2) is 5.96 Å². The van der Waals surface area contributed by atoms with Crippen LogP contribution in [0.25, 0.3) is 0 Å². The van der Waals surface area contributed by atoms with Crippen LogP contribution in [0.4, 0.5) is 0 Å². The number of likely N-dealkylation sites (tertiary alicyclic amines) is 1. The van der Waals surface area contributed by atoms with Gasteiger partial charge < -0.3 is 15.0 Å². The lowest BCUT2D eigenvalue weighted by molar-refractivity contribution is -0.149. The first-order chi connectivity index (χ1) is 11.5. The van der Waals surface area contributed by atoms with Gasteiger partial charge in [-0.2, -0.15) is 0 Å². The first kappa shape index (κ1) is 18.8. The minimum absolute atomic E-state index is 0.0295. The highest BCUT2D eigenvalue weighted by atomic mass is 32.1. The molecule has 1 aromatic heterocycles. The van der Waals surface area contributed by atoms with Crippen LogP contribution < -0.4 is 5.32 Å². The molecule has 0 saturated carbocycles. The number of nitrogens with zero attached hydrogens (tertiary/aromatic N) is 2. The van der Waals surface area contributed by atoms with Crippen molar-refractivity contribution in [3.05, 3.63) is 22.4 Å². The number of piperidine rings is 1. The number of hydrogen-bond acceptors (Lipinski definition) is 4. The van der Waals surface area contributed by atoms with Crippen LogP contribution in [0, 0.1) is 5.92 Å². The smallest absolute Gasteiger partial charge is 0.309 e. The van der Waals surface area contributed by atoms with Gasteiger partial charge in [0.25, 0.3) is 0 Å². The van der Waals surface area contributed by atoms with Gasteiger partial charge in [-0.1, -0.05) is 19.9 Å². The van der Waals surface area contributed by atoms with E-state index in [4.69, 9.17) is 4.74 Å². The summed E-state index contributed by atoms with van der Waals surface area (Å²) in [5.41, 5.74) is 0.0629. The van der Waals surface area contributed by atoms with E-state index < -0.39 is 0 Å². The molecule has 6 heteroatoms. The van der Waals surface area contributed by atoms with Crippen molar-refractivity contribution in [3.63, 3.8) is 0 Å². The van der Waals surface area contributed by atoms with Crippen LogP contribution >= 0.6 is 11.3 Å². The molecule has 2 rings (SSSR count). The maximum atomic E-state index is 11.8. The lowest BCUT2D eigenvalue weighted by atomic mass is 9.91. The van der Waals surface area contributed by atoms with Gasteiger partial charge in [-0.25, -0.2) is 0 Å². The third-order valence-corrected chi connectivity index (χ3v) is 5.74. The molecule has 5 nitrogen and oxygen atoms in total. The van der Waals surface area contributed by atoms with E-state index in [1.807, 2.05) is 14.0 Å². The second-order valence-corrected chi connectivity index (χ2v) is 7.72. The Hall–Kier alpha value is -1.56. The molecule has 1 aromatic rings. The second kappa shape index (κ2) is 8.51. The van der Waals surface area contributed by atoms with Crippen LogP contribution in [0.1, 0.15) is 38.5 Å². The van der Waals surface area contributed by atoms with Gasteiger partial charge in [-0.3, -0.25) is 9.79 Å². The van der Waals surface area contributed by atoms with Gasteiger partial charge >= 0.3 is 5.97 Å². The summed E-state index contributed by atoms with van der Waals surface area (Å²) in [6.45, 7) is 9.30. The second-order valence-electron chi connectivity index (χ2n) is 6.78. The number of carbonyl (C=O) groups is 1. The van der Waals surface area contributed by atoms with Crippen molar-refractivity contribution in [2.45, 2.75) is 39.0 Å². The molecule has 0 spiro atoms. The molecule has 1 aliphatic rings.